The van der Waals surface area contributed by atoms with Crippen molar-refractivity contribution in [2.45, 2.75) is 55.9 Å². The van der Waals surface area contributed by atoms with E-state index in [1.54, 1.807) is 6.92 Å². The van der Waals surface area contributed by atoms with Crippen LogP contribution in [0.15, 0.2) is 24.3 Å². The number of nitrogens with zero attached hydrogens (tertiary/aromatic N) is 1. The fourth-order valence-electron chi connectivity index (χ4n) is 3.80. The highest BCUT2D eigenvalue weighted by Crippen LogP contribution is 2.40. The van der Waals surface area contributed by atoms with Crippen molar-refractivity contribution in [3.63, 3.8) is 0 Å². The molecular formula is C21H22ClF3N4O5. The molecule has 1 saturated carbocycles. The van der Waals surface area contributed by atoms with E-state index in [0.717, 1.165) is 18.2 Å². The van der Waals surface area contributed by atoms with Gasteiger partial charge in [-0.2, -0.15) is 13.2 Å². The zero-order chi connectivity index (χ0) is 25.4. The summed E-state index contributed by atoms with van der Waals surface area (Å²) < 4.78 is 41.0. The summed E-state index contributed by atoms with van der Waals surface area (Å²) in [6.45, 7) is 1.64. The standard InChI is InChI=1S/C21H22ClF3N4O5/c1-10-7-12(17(32)27-10)9-20(22,15(30)18(33)28-13-5-6-13)29(19(34)21(23,24)25)14-4-2-3-11(8-14)16(26)31/h2-4,8,10,12-13H,5-7,9H2,1H3,(H2,26,31)(H,27,32)(H,28,33)/t10-,12+,20-/m1/s1. The minimum atomic E-state index is -5.51. The molecule has 34 heavy (non-hydrogen) atoms. The molecule has 1 aromatic carbocycles. The molecule has 1 aromatic rings. The van der Waals surface area contributed by atoms with Crippen molar-refractivity contribution in [1.29, 1.82) is 0 Å². The van der Waals surface area contributed by atoms with E-state index in [2.05, 4.69) is 10.6 Å². The molecule has 4 amide bonds. The fraction of sp³-hybridized carbons (Fsp3) is 0.476. The molecule has 0 unspecified atom stereocenters. The SMILES string of the molecule is C[C@@H]1C[C@@H](C[C@](Cl)(C(=O)C(=O)NC2CC2)N(C(=O)C(F)(F)F)c2cccc(C(N)=O)c2)C(=O)N1. The van der Waals surface area contributed by atoms with Crippen LogP contribution in [0.25, 0.3) is 0 Å². The van der Waals surface area contributed by atoms with Gasteiger partial charge in [0.15, 0.2) is 5.00 Å². The largest absolute Gasteiger partial charge is 0.471 e. The van der Waals surface area contributed by atoms with Gasteiger partial charge in [0.2, 0.25) is 11.8 Å². The van der Waals surface area contributed by atoms with Crippen LogP contribution >= 0.6 is 11.6 Å². The van der Waals surface area contributed by atoms with Crippen LogP contribution in [0.5, 0.6) is 0 Å². The number of ketones is 1. The predicted octanol–water partition coefficient (Wildman–Crippen LogP) is 1.38. The summed E-state index contributed by atoms with van der Waals surface area (Å²) in [6, 6.07) is 3.49. The first-order valence-electron chi connectivity index (χ1n) is 10.4. The number of carbonyl (C=O) groups excluding carboxylic acids is 5. The van der Waals surface area contributed by atoms with Gasteiger partial charge in [-0.25, -0.2) is 0 Å². The Labute approximate surface area is 197 Å². The van der Waals surface area contributed by atoms with E-state index >= 15 is 0 Å². The average Bonchev–Trinajstić information content (AvgIpc) is 3.50. The topological polar surface area (TPSA) is 139 Å². The average molecular weight is 503 g/mol. The Balaban J connectivity index is 2.15. The molecule has 2 aliphatic rings. The van der Waals surface area contributed by atoms with E-state index in [1.807, 2.05) is 0 Å². The second-order valence-electron chi connectivity index (χ2n) is 8.44. The first kappa shape index (κ1) is 25.5. The van der Waals surface area contributed by atoms with Crippen LogP contribution in [-0.4, -0.2) is 52.7 Å². The number of hydrogen-bond donors (Lipinski definition) is 3. The lowest BCUT2D eigenvalue weighted by Gasteiger charge is -2.39. The third-order valence-electron chi connectivity index (χ3n) is 5.57. The zero-order valence-corrected chi connectivity index (χ0v) is 18.7. The number of primary amides is 1. The molecule has 13 heteroatoms. The Bertz CT molecular complexity index is 1050. The number of amides is 4. The lowest BCUT2D eigenvalue weighted by atomic mass is 9.91. The molecular weight excluding hydrogens is 481 g/mol. The lowest BCUT2D eigenvalue weighted by molar-refractivity contribution is -0.171. The molecule has 0 spiro atoms. The summed E-state index contributed by atoms with van der Waals surface area (Å²) in [5, 5.41) is 4.92. The van der Waals surface area contributed by atoms with E-state index in [0.29, 0.717) is 12.8 Å². The Morgan fingerprint density at radius 1 is 1.24 bits per heavy atom. The second-order valence-corrected chi connectivity index (χ2v) is 9.06. The van der Waals surface area contributed by atoms with Gasteiger partial charge in [0.25, 0.3) is 11.7 Å². The van der Waals surface area contributed by atoms with Crippen molar-refractivity contribution < 1.29 is 37.1 Å². The Morgan fingerprint density at radius 3 is 2.38 bits per heavy atom. The van der Waals surface area contributed by atoms with Gasteiger partial charge in [-0.1, -0.05) is 17.7 Å². The molecule has 9 nitrogen and oxygen atoms in total. The number of nitrogens with two attached hydrogens (primary N) is 1. The molecule has 1 heterocycles. The maximum atomic E-state index is 13.7. The molecule has 1 aliphatic carbocycles. The number of rotatable bonds is 8. The van der Waals surface area contributed by atoms with Gasteiger partial charge in [-0.3, -0.25) is 28.9 Å². The smallest absolute Gasteiger partial charge is 0.366 e. The third kappa shape index (κ3) is 5.32. The molecule has 0 radical (unpaired) electrons. The second kappa shape index (κ2) is 9.24. The van der Waals surface area contributed by atoms with E-state index < -0.39 is 58.6 Å². The van der Waals surface area contributed by atoms with Crippen molar-refractivity contribution in [1.82, 2.24) is 10.6 Å². The monoisotopic (exact) mass is 502 g/mol. The van der Waals surface area contributed by atoms with Crippen LogP contribution in [0.1, 0.15) is 43.0 Å². The van der Waals surface area contributed by atoms with Gasteiger partial charge in [0, 0.05) is 35.7 Å². The quantitative estimate of drug-likeness (QED) is 0.280. The molecule has 0 aromatic heterocycles. The minimum absolute atomic E-state index is 0.0773. The third-order valence-corrected chi connectivity index (χ3v) is 6.07. The van der Waals surface area contributed by atoms with Gasteiger partial charge in [0.1, 0.15) is 0 Å². The normalized spacial score (nSPS) is 21.9. The summed E-state index contributed by atoms with van der Waals surface area (Å²) in [5.41, 5.74) is 4.35. The van der Waals surface area contributed by atoms with Crippen molar-refractivity contribution >= 4 is 46.7 Å². The summed E-state index contributed by atoms with van der Waals surface area (Å²) in [4.78, 5) is 59.4. The Hall–Kier alpha value is -3.15. The van der Waals surface area contributed by atoms with Gasteiger partial charge < -0.3 is 16.4 Å². The maximum absolute atomic E-state index is 13.7. The van der Waals surface area contributed by atoms with Crippen molar-refractivity contribution in [2.24, 2.45) is 11.7 Å². The molecule has 3 atom stereocenters. The summed E-state index contributed by atoms with van der Waals surface area (Å²) in [5.74, 6) is -8.02. The van der Waals surface area contributed by atoms with E-state index in [9.17, 15) is 37.1 Å². The zero-order valence-electron chi connectivity index (χ0n) is 17.9. The molecule has 4 N–H and O–H groups in total. The van der Waals surface area contributed by atoms with Crippen molar-refractivity contribution in [3.05, 3.63) is 29.8 Å². The van der Waals surface area contributed by atoms with Crippen LogP contribution in [-0.2, 0) is 19.2 Å². The molecule has 1 saturated heterocycles. The van der Waals surface area contributed by atoms with Gasteiger partial charge >= 0.3 is 12.1 Å². The van der Waals surface area contributed by atoms with Crippen LogP contribution in [0.3, 0.4) is 0 Å². The van der Waals surface area contributed by atoms with Gasteiger partial charge in [0.05, 0.1) is 0 Å². The number of hydrogen-bond acceptors (Lipinski definition) is 5. The minimum Gasteiger partial charge on any atom is -0.366 e. The van der Waals surface area contributed by atoms with E-state index in [1.165, 1.54) is 6.07 Å². The summed E-state index contributed by atoms with van der Waals surface area (Å²) in [7, 11) is 0. The number of Topliss-reactive ketones (excluding diaryl/α,β-unsaturated/α-hetero) is 1. The van der Waals surface area contributed by atoms with Crippen LogP contribution in [0.4, 0.5) is 18.9 Å². The maximum Gasteiger partial charge on any atom is 0.471 e. The first-order chi connectivity index (χ1) is 15.7. The summed E-state index contributed by atoms with van der Waals surface area (Å²) >= 11 is 6.51. The Kier molecular flexibility index (Phi) is 6.92. The fourth-order valence-corrected chi connectivity index (χ4v) is 4.25. The summed E-state index contributed by atoms with van der Waals surface area (Å²) in [6.07, 6.45) is -5.03. The number of halogens is 4. The van der Waals surface area contributed by atoms with E-state index in [4.69, 9.17) is 17.3 Å². The number of carbonyl (C=O) groups is 5. The van der Waals surface area contributed by atoms with Crippen LogP contribution < -0.4 is 21.3 Å². The number of alkyl halides is 4. The van der Waals surface area contributed by atoms with Gasteiger partial charge in [-0.05, 0) is 44.4 Å². The molecule has 3 rings (SSSR count). The Morgan fingerprint density at radius 2 is 1.88 bits per heavy atom. The van der Waals surface area contributed by atoms with Crippen molar-refractivity contribution in [3.8, 4) is 0 Å². The molecule has 0 bridgehead atoms. The van der Waals surface area contributed by atoms with Crippen LogP contribution in [0, 0.1) is 5.92 Å². The van der Waals surface area contributed by atoms with Crippen molar-refractivity contribution in [2.75, 3.05) is 4.90 Å². The highest BCUT2D eigenvalue weighted by atomic mass is 35.5. The van der Waals surface area contributed by atoms with Crippen LogP contribution in [0.2, 0.25) is 0 Å². The highest BCUT2D eigenvalue weighted by molar-refractivity contribution is 6.54. The highest BCUT2D eigenvalue weighted by Gasteiger charge is 2.57. The predicted molar refractivity (Wildman–Crippen MR) is 114 cm³/mol. The number of nitrogens with one attached hydrogen (secondary N) is 2. The molecule has 184 valence electrons. The number of anilines is 1. The van der Waals surface area contributed by atoms with E-state index in [-0.39, 0.29) is 29.0 Å². The molecule has 1 aliphatic heterocycles. The molecule has 2 fully saturated rings. The number of benzene rings is 1. The lowest BCUT2D eigenvalue weighted by Crippen LogP contribution is -2.61. The van der Waals surface area contributed by atoms with Gasteiger partial charge in [-0.15, -0.1) is 0 Å². The first-order valence-corrected chi connectivity index (χ1v) is 10.8.